The Morgan fingerprint density at radius 1 is 1.47 bits per heavy atom. The standard InChI is InChI=1S/C14H23NO3S/c1-4-6-11-10(5-2)7-12(19-11)13(17)15-8-14(3,18)9-16/h7,16,18H,4-6,8-9H2,1-3H3,(H,15,17). The molecule has 108 valence electrons. The van der Waals surface area contributed by atoms with Gasteiger partial charge in [-0.1, -0.05) is 20.3 Å². The number of aliphatic hydroxyl groups is 2. The van der Waals surface area contributed by atoms with E-state index >= 15 is 0 Å². The molecule has 0 radical (unpaired) electrons. The van der Waals surface area contributed by atoms with Gasteiger partial charge < -0.3 is 15.5 Å². The van der Waals surface area contributed by atoms with E-state index in [0.717, 1.165) is 19.3 Å². The number of amides is 1. The summed E-state index contributed by atoms with van der Waals surface area (Å²) in [6, 6.07) is 1.93. The second kappa shape index (κ2) is 7.03. The summed E-state index contributed by atoms with van der Waals surface area (Å²) in [6.45, 7) is 5.36. The van der Waals surface area contributed by atoms with Crippen molar-refractivity contribution in [1.29, 1.82) is 0 Å². The smallest absolute Gasteiger partial charge is 0.261 e. The van der Waals surface area contributed by atoms with Gasteiger partial charge in [0.25, 0.3) is 5.91 Å². The summed E-state index contributed by atoms with van der Waals surface area (Å²) in [4.78, 5) is 13.9. The summed E-state index contributed by atoms with van der Waals surface area (Å²) in [5.41, 5.74) is -0.0434. The predicted octanol–water partition coefficient (Wildman–Crippen LogP) is 1.74. The van der Waals surface area contributed by atoms with Crippen molar-refractivity contribution in [2.24, 2.45) is 0 Å². The Balaban J connectivity index is 2.72. The van der Waals surface area contributed by atoms with E-state index < -0.39 is 5.60 Å². The summed E-state index contributed by atoms with van der Waals surface area (Å²) in [5.74, 6) is -0.184. The molecule has 5 heteroatoms. The third-order valence-electron chi connectivity index (χ3n) is 2.95. The van der Waals surface area contributed by atoms with Crippen LogP contribution in [0.2, 0.25) is 0 Å². The molecule has 1 aromatic rings. The largest absolute Gasteiger partial charge is 0.393 e. The van der Waals surface area contributed by atoms with Gasteiger partial charge in [0.05, 0.1) is 11.5 Å². The number of aryl methyl sites for hydroxylation is 2. The minimum atomic E-state index is -1.27. The van der Waals surface area contributed by atoms with Crippen LogP contribution in [0, 0.1) is 0 Å². The zero-order valence-electron chi connectivity index (χ0n) is 11.8. The number of hydrogen-bond donors (Lipinski definition) is 3. The van der Waals surface area contributed by atoms with Crippen molar-refractivity contribution in [1.82, 2.24) is 5.32 Å². The molecule has 1 unspecified atom stereocenters. The highest BCUT2D eigenvalue weighted by atomic mass is 32.1. The molecule has 1 rings (SSSR count). The highest BCUT2D eigenvalue weighted by molar-refractivity contribution is 7.14. The fourth-order valence-corrected chi connectivity index (χ4v) is 3.00. The number of carbonyl (C=O) groups is 1. The fraction of sp³-hybridized carbons (Fsp3) is 0.643. The van der Waals surface area contributed by atoms with Gasteiger partial charge in [-0.25, -0.2) is 0 Å². The van der Waals surface area contributed by atoms with Gasteiger partial charge in [-0.2, -0.15) is 0 Å². The second-order valence-corrected chi connectivity index (χ2v) is 6.14. The van der Waals surface area contributed by atoms with Gasteiger partial charge in [0.1, 0.15) is 5.60 Å². The van der Waals surface area contributed by atoms with Gasteiger partial charge in [0, 0.05) is 11.4 Å². The van der Waals surface area contributed by atoms with Gasteiger partial charge in [-0.15, -0.1) is 11.3 Å². The lowest BCUT2D eigenvalue weighted by Crippen LogP contribution is -2.43. The third kappa shape index (κ3) is 4.60. The number of hydrogen-bond acceptors (Lipinski definition) is 4. The maximum atomic E-state index is 12.0. The summed E-state index contributed by atoms with van der Waals surface area (Å²) in [7, 11) is 0. The summed E-state index contributed by atoms with van der Waals surface area (Å²) in [5, 5.41) is 21.2. The van der Waals surface area contributed by atoms with Crippen LogP contribution >= 0.6 is 11.3 Å². The van der Waals surface area contributed by atoms with Crippen molar-refractivity contribution >= 4 is 17.2 Å². The minimum Gasteiger partial charge on any atom is -0.393 e. The molecule has 0 aliphatic rings. The van der Waals surface area contributed by atoms with E-state index in [9.17, 15) is 9.90 Å². The van der Waals surface area contributed by atoms with Crippen LogP contribution in [0.3, 0.4) is 0 Å². The van der Waals surface area contributed by atoms with Gasteiger partial charge in [-0.3, -0.25) is 4.79 Å². The van der Waals surface area contributed by atoms with E-state index in [1.54, 1.807) is 0 Å². The summed E-state index contributed by atoms with van der Waals surface area (Å²) in [6.07, 6.45) is 2.98. The van der Waals surface area contributed by atoms with Crippen LogP contribution in [0.5, 0.6) is 0 Å². The van der Waals surface area contributed by atoms with E-state index in [-0.39, 0.29) is 19.1 Å². The lowest BCUT2D eigenvalue weighted by Gasteiger charge is -2.20. The molecule has 4 nitrogen and oxygen atoms in total. The SMILES string of the molecule is CCCc1sc(C(=O)NCC(C)(O)CO)cc1CC. The first-order chi connectivity index (χ1) is 8.93. The molecule has 0 saturated heterocycles. The average molecular weight is 285 g/mol. The first-order valence-corrected chi connectivity index (χ1v) is 7.48. The van der Waals surface area contributed by atoms with E-state index in [2.05, 4.69) is 19.2 Å². The second-order valence-electron chi connectivity index (χ2n) is 5.00. The van der Waals surface area contributed by atoms with E-state index in [0.29, 0.717) is 4.88 Å². The van der Waals surface area contributed by atoms with Gasteiger partial charge in [-0.05, 0) is 31.4 Å². The Hall–Kier alpha value is -0.910. The molecule has 0 saturated carbocycles. The van der Waals surface area contributed by atoms with Crippen LogP contribution < -0.4 is 5.32 Å². The van der Waals surface area contributed by atoms with Crippen molar-refractivity contribution in [3.8, 4) is 0 Å². The summed E-state index contributed by atoms with van der Waals surface area (Å²) >= 11 is 1.52. The van der Waals surface area contributed by atoms with Crippen molar-refractivity contribution < 1.29 is 15.0 Å². The van der Waals surface area contributed by atoms with Crippen LogP contribution in [-0.4, -0.2) is 34.9 Å². The molecule has 1 amide bonds. The molecule has 1 heterocycles. The Morgan fingerprint density at radius 2 is 2.16 bits per heavy atom. The zero-order chi connectivity index (χ0) is 14.5. The Morgan fingerprint density at radius 3 is 2.68 bits per heavy atom. The predicted molar refractivity (Wildman–Crippen MR) is 77.7 cm³/mol. The number of thiophene rings is 1. The molecule has 19 heavy (non-hydrogen) atoms. The maximum Gasteiger partial charge on any atom is 0.261 e. The quantitative estimate of drug-likeness (QED) is 0.714. The topological polar surface area (TPSA) is 69.6 Å². The number of rotatable bonds is 7. The average Bonchev–Trinajstić information content (AvgIpc) is 2.80. The lowest BCUT2D eigenvalue weighted by atomic mass is 10.1. The molecule has 0 aliphatic heterocycles. The normalized spacial score (nSPS) is 14.2. The molecule has 0 spiro atoms. The minimum absolute atomic E-state index is 0.0464. The van der Waals surface area contributed by atoms with Gasteiger partial charge in [0.2, 0.25) is 0 Å². The highest BCUT2D eigenvalue weighted by Crippen LogP contribution is 2.24. The van der Waals surface area contributed by atoms with Crippen molar-refractivity contribution in [3.63, 3.8) is 0 Å². The Bertz CT molecular complexity index is 426. The Kier molecular flexibility index (Phi) is 5.97. The monoisotopic (exact) mass is 285 g/mol. The molecule has 3 N–H and O–H groups in total. The van der Waals surface area contributed by atoms with E-state index in [4.69, 9.17) is 5.11 Å². The molecule has 1 atom stereocenters. The van der Waals surface area contributed by atoms with Crippen LogP contribution in [-0.2, 0) is 12.8 Å². The molecule has 0 fully saturated rings. The van der Waals surface area contributed by atoms with Crippen molar-refractivity contribution in [2.45, 2.75) is 45.6 Å². The number of nitrogens with one attached hydrogen (secondary N) is 1. The molecule has 0 aliphatic carbocycles. The van der Waals surface area contributed by atoms with Crippen LogP contribution in [0.4, 0.5) is 0 Å². The first kappa shape index (κ1) is 16.1. The van der Waals surface area contributed by atoms with E-state index in [1.165, 1.54) is 28.7 Å². The first-order valence-electron chi connectivity index (χ1n) is 6.66. The van der Waals surface area contributed by atoms with Crippen molar-refractivity contribution in [2.75, 3.05) is 13.2 Å². The molecule has 1 aromatic heterocycles. The number of carbonyl (C=O) groups excluding carboxylic acids is 1. The third-order valence-corrected chi connectivity index (χ3v) is 4.18. The van der Waals surface area contributed by atoms with Crippen LogP contribution in [0.25, 0.3) is 0 Å². The Labute approximate surface area is 118 Å². The van der Waals surface area contributed by atoms with Crippen LogP contribution in [0.1, 0.15) is 47.3 Å². The van der Waals surface area contributed by atoms with Crippen molar-refractivity contribution in [3.05, 3.63) is 21.4 Å². The molecule has 0 aromatic carbocycles. The summed E-state index contributed by atoms with van der Waals surface area (Å²) < 4.78 is 0. The highest BCUT2D eigenvalue weighted by Gasteiger charge is 2.21. The molecule has 0 bridgehead atoms. The maximum absolute atomic E-state index is 12.0. The lowest BCUT2D eigenvalue weighted by molar-refractivity contribution is 0.00323. The van der Waals surface area contributed by atoms with Gasteiger partial charge >= 0.3 is 0 Å². The zero-order valence-corrected chi connectivity index (χ0v) is 12.6. The molecular formula is C14H23NO3S. The van der Waals surface area contributed by atoms with Crippen LogP contribution in [0.15, 0.2) is 6.07 Å². The van der Waals surface area contributed by atoms with E-state index in [1.807, 2.05) is 6.07 Å². The number of aliphatic hydroxyl groups excluding tert-OH is 1. The van der Waals surface area contributed by atoms with Gasteiger partial charge in [0.15, 0.2) is 0 Å². The molecular weight excluding hydrogens is 262 g/mol. The fourth-order valence-electron chi connectivity index (χ4n) is 1.73.